The van der Waals surface area contributed by atoms with Gasteiger partial charge >= 0.3 is 0 Å². The van der Waals surface area contributed by atoms with E-state index in [2.05, 4.69) is 21.7 Å². The number of halogens is 1. The fourth-order valence-electron chi connectivity index (χ4n) is 4.42. The van der Waals surface area contributed by atoms with E-state index in [1.54, 1.807) is 4.90 Å². The average Bonchev–Trinajstić information content (AvgIpc) is 3.37. The summed E-state index contributed by atoms with van der Waals surface area (Å²) in [6.45, 7) is 4.01. The third-order valence-corrected chi connectivity index (χ3v) is 5.92. The zero-order valence-electron chi connectivity index (χ0n) is 18.2. The van der Waals surface area contributed by atoms with Crippen LogP contribution in [0.15, 0.2) is 29.3 Å². The van der Waals surface area contributed by atoms with Crippen molar-refractivity contribution in [2.45, 2.75) is 39.0 Å². The van der Waals surface area contributed by atoms with E-state index in [1.807, 2.05) is 44.1 Å². The molecule has 1 aliphatic carbocycles. The number of aliphatic imine (C=N–C) groups is 1. The highest BCUT2D eigenvalue weighted by Gasteiger charge is 2.42. The molecule has 2 N–H and O–H groups in total. The fourth-order valence-corrected chi connectivity index (χ4v) is 4.42. The van der Waals surface area contributed by atoms with Crippen LogP contribution >= 0.6 is 24.0 Å². The number of carbonyl (C=O) groups is 2. The van der Waals surface area contributed by atoms with Gasteiger partial charge in [0.1, 0.15) is 6.54 Å². The number of amides is 2. The Morgan fingerprint density at radius 3 is 2.53 bits per heavy atom. The molecular weight excluding hydrogens is 493 g/mol. The molecule has 166 valence electrons. The van der Waals surface area contributed by atoms with Crippen molar-refractivity contribution in [1.82, 2.24) is 15.5 Å². The van der Waals surface area contributed by atoms with Gasteiger partial charge in [-0.25, -0.2) is 4.99 Å². The third-order valence-electron chi connectivity index (χ3n) is 5.92. The van der Waals surface area contributed by atoms with E-state index in [-0.39, 0.29) is 47.8 Å². The summed E-state index contributed by atoms with van der Waals surface area (Å²) in [5.41, 5.74) is 1.82. The van der Waals surface area contributed by atoms with E-state index in [4.69, 9.17) is 0 Å². The zero-order chi connectivity index (χ0) is 20.9. The molecule has 8 heteroatoms. The monoisotopic (exact) mass is 527 g/mol. The molecule has 2 amide bonds. The number of hydrogen-bond acceptors (Lipinski definition) is 3. The Kier molecular flexibility index (Phi) is 8.93. The molecular formula is C22H34IN5O2. The first-order chi connectivity index (χ1) is 14.0. The van der Waals surface area contributed by atoms with E-state index in [0.717, 1.165) is 37.8 Å². The van der Waals surface area contributed by atoms with Crippen LogP contribution in [0.5, 0.6) is 0 Å². The van der Waals surface area contributed by atoms with Crippen LogP contribution in [-0.4, -0.2) is 62.9 Å². The first-order valence-corrected chi connectivity index (χ1v) is 10.6. The standard InChI is InChI=1S/C22H33N5O2.HI/c1-4-23-21(25-16-22(12-7-8-13-22)20(29)26(2)3)24-15-19(28)27-14-11-17-9-5-6-10-18(17)27;/h5-6,9-10H,4,7-8,11-16H2,1-3H3,(H2,23,24,25);1H. The molecule has 0 atom stereocenters. The topological polar surface area (TPSA) is 77.0 Å². The minimum Gasteiger partial charge on any atom is -0.357 e. The summed E-state index contributed by atoms with van der Waals surface area (Å²) in [7, 11) is 3.63. The maximum Gasteiger partial charge on any atom is 0.248 e. The number of hydrogen-bond donors (Lipinski definition) is 2. The molecule has 2 aliphatic rings. The second kappa shape index (κ2) is 11.0. The molecule has 0 spiro atoms. The van der Waals surface area contributed by atoms with Crippen LogP contribution in [0.2, 0.25) is 0 Å². The summed E-state index contributed by atoms with van der Waals surface area (Å²) in [5.74, 6) is 0.751. The van der Waals surface area contributed by atoms with Gasteiger partial charge in [-0.2, -0.15) is 0 Å². The van der Waals surface area contributed by atoms with Gasteiger partial charge in [-0.1, -0.05) is 31.0 Å². The molecule has 1 aromatic carbocycles. The lowest BCUT2D eigenvalue weighted by atomic mass is 9.84. The predicted molar refractivity (Wildman–Crippen MR) is 131 cm³/mol. The zero-order valence-corrected chi connectivity index (χ0v) is 20.6. The van der Waals surface area contributed by atoms with Crippen LogP contribution < -0.4 is 15.5 Å². The number of benzene rings is 1. The number of carbonyl (C=O) groups excluding carboxylic acids is 2. The van der Waals surface area contributed by atoms with Gasteiger partial charge in [0.05, 0.1) is 5.41 Å². The number of rotatable bonds is 6. The molecule has 1 aliphatic heterocycles. The van der Waals surface area contributed by atoms with Crippen molar-refractivity contribution in [2.24, 2.45) is 10.4 Å². The Bertz CT molecular complexity index is 775. The van der Waals surface area contributed by atoms with Crippen molar-refractivity contribution in [3.63, 3.8) is 0 Å². The Balaban J connectivity index is 0.00000320. The van der Waals surface area contributed by atoms with Gasteiger partial charge in [-0.05, 0) is 37.8 Å². The van der Waals surface area contributed by atoms with Crippen LogP contribution in [0.3, 0.4) is 0 Å². The molecule has 0 radical (unpaired) electrons. The highest BCUT2D eigenvalue weighted by molar-refractivity contribution is 14.0. The largest absolute Gasteiger partial charge is 0.357 e. The van der Waals surface area contributed by atoms with Gasteiger partial charge in [-0.15, -0.1) is 24.0 Å². The molecule has 0 saturated heterocycles. The maximum absolute atomic E-state index is 12.8. The van der Waals surface area contributed by atoms with Crippen LogP contribution in [0, 0.1) is 5.41 Å². The van der Waals surface area contributed by atoms with Crippen molar-refractivity contribution in [1.29, 1.82) is 0 Å². The van der Waals surface area contributed by atoms with E-state index in [1.165, 1.54) is 5.56 Å². The lowest BCUT2D eigenvalue weighted by molar-refractivity contribution is -0.138. The Morgan fingerprint density at radius 2 is 1.87 bits per heavy atom. The fraction of sp³-hybridized carbons (Fsp3) is 0.591. The second-order valence-electron chi connectivity index (χ2n) is 8.16. The molecule has 7 nitrogen and oxygen atoms in total. The van der Waals surface area contributed by atoms with E-state index >= 15 is 0 Å². The van der Waals surface area contributed by atoms with E-state index in [9.17, 15) is 9.59 Å². The first kappa shape index (κ1) is 24.4. The Labute approximate surface area is 196 Å². The quantitative estimate of drug-likeness (QED) is 0.339. The number of para-hydroxylation sites is 1. The lowest BCUT2D eigenvalue weighted by Crippen LogP contribution is -2.49. The second-order valence-corrected chi connectivity index (χ2v) is 8.16. The average molecular weight is 527 g/mol. The minimum absolute atomic E-state index is 0. The van der Waals surface area contributed by atoms with Crippen LogP contribution in [0.1, 0.15) is 38.2 Å². The molecule has 0 unspecified atom stereocenters. The number of nitrogens with zero attached hydrogens (tertiary/aromatic N) is 3. The lowest BCUT2D eigenvalue weighted by Gasteiger charge is -2.31. The SMILES string of the molecule is CCNC(=NCC(=O)N1CCc2ccccc21)NCC1(C(=O)N(C)C)CCCC1.I. The first-order valence-electron chi connectivity index (χ1n) is 10.6. The van der Waals surface area contributed by atoms with E-state index in [0.29, 0.717) is 25.6 Å². The highest BCUT2D eigenvalue weighted by atomic mass is 127. The summed E-state index contributed by atoms with van der Waals surface area (Å²) in [6.07, 6.45) is 4.81. The minimum atomic E-state index is -0.377. The van der Waals surface area contributed by atoms with Gasteiger partial charge in [0, 0.05) is 39.4 Å². The van der Waals surface area contributed by atoms with E-state index < -0.39 is 0 Å². The van der Waals surface area contributed by atoms with Crippen molar-refractivity contribution in [2.75, 3.05) is 45.2 Å². The molecule has 0 bridgehead atoms. The van der Waals surface area contributed by atoms with Crippen molar-refractivity contribution >= 4 is 47.4 Å². The van der Waals surface area contributed by atoms with Crippen LogP contribution in [0.25, 0.3) is 0 Å². The van der Waals surface area contributed by atoms with Gasteiger partial charge in [0.15, 0.2) is 5.96 Å². The van der Waals surface area contributed by atoms with Crippen molar-refractivity contribution < 1.29 is 9.59 Å². The maximum atomic E-state index is 12.8. The van der Waals surface area contributed by atoms with Crippen molar-refractivity contribution in [3.8, 4) is 0 Å². The summed E-state index contributed by atoms with van der Waals surface area (Å²) in [4.78, 5) is 33.5. The Hall–Kier alpha value is -1.84. The van der Waals surface area contributed by atoms with Gasteiger partial charge < -0.3 is 20.4 Å². The smallest absolute Gasteiger partial charge is 0.248 e. The van der Waals surface area contributed by atoms with Crippen LogP contribution in [-0.2, 0) is 16.0 Å². The summed E-state index contributed by atoms with van der Waals surface area (Å²) < 4.78 is 0. The number of fused-ring (bicyclic) bond motifs is 1. The van der Waals surface area contributed by atoms with Crippen molar-refractivity contribution in [3.05, 3.63) is 29.8 Å². The number of nitrogens with one attached hydrogen (secondary N) is 2. The van der Waals surface area contributed by atoms with Gasteiger partial charge in [0.2, 0.25) is 11.8 Å². The molecule has 30 heavy (non-hydrogen) atoms. The molecule has 1 aromatic rings. The highest BCUT2D eigenvalue weighted by Crippen LogP contribution is 2.38. The summed E-state index contributed by atoms with van der Waals surface area (Å²) >= 11 is 0. The molecule has 1 fully saturated rings. The van der Waals surface area contributed by atoms with Gasteiger partial charge in [0.25, 0.3) is 0 Å². The molecule has 1 heterocycles. The summed E-state index contributed by atoms with van der Waals surface area (Å²) in [5, 5.41) is 6.53. The van der Waals surface area contributed by atoms with Crippen LogP contribution in [0.4, 0.5) is 5.69 Å². The summed E-state index contributed by atoms with van der Waals surface area (Å²) in [6, 6.07) is 8.03. The normalized spacial score (nSPS) is 17.2. The number of anilines is 1. The predicted octanol–water partition coefficient (Wildman–Crippen LogP) is 2.40. The number of guanidine groups is 1. The molecule has 0 aromatic heterocycles. The third kappa shape index (κ3) is 5.44. The Morgan fingerprint density at radius 1 is 1.17 bits per heavy atom. The molecule has 1 saturated carbocycles. The molecule has 3 rings (SSSR count). The van der Waals surface area contributed by atoms with Gasteiger partial charge in [-0.3, -0.25) is 9.59 Å².